The minimum atomic E-state index is -0.911. The van der Waals surface area contributed by atoms with Gasteiger partial charge in [-0.05, 0) is 44.4 Å². The van der Waals surface area contributed by atoms with E-state index in [1.165, 1.54) is 25.2 Å². The molecule has 4 rings (SSSR count). The van der Waals surface area contributed by atoms with Crippen molar-refractivity contribution in [1.29, 1.82) is 0 Å². The largest absolute Gasteiger partial charge is 0.461 e. The number of hydrogen-bond acceptors (Lipinski definition) is 3. The number of piperazine rings is 1. The average molecular weight is 320 g/mol. The molecule has 1 aliphatic heterocycles. The second-order valence-electron chi connectivity index (χ2n) is 7.39. The number of benzene rings is 1. The van der Waals surface area contributed by atoms with Gasteiger partial charge in [-0.1, -0.05) is 12.8 Å². The number of nitrogens with one attached hydrogen (secondary N) is 2. The van der Waals surface area contributed by atoms with E-state index in [0.29, 0.717) is 17.5 Å². The molecule has 3 atom stereocenters. The van der Waals surface area contributed by atoms with Crippen molar-refractivity contribution in [3.63, 3.8) is 0 Å². The molecule has 2 heterocycles. The molecule has 0 bridgehead atoms. The molecule has 2 aliphatic rings. The van der Waals surface area contributed by atoms with E-state index in [1.807, 2.05) is 0 Å². The van der Waals surface area contributed by atoms with Crippen LogP contribution in [-0.2, 0) is 0 Å². The van der Waals surface area contributed by atoms with Crippen LogP contribution in [0.15, 0.2) is 22.8 Å². The van der Waals surface area contributed by atoms with E-state index >= 15 is 0 Å². The third-order valence-electron chi connectivity index (χ3n) is 5.40. The van der Waals surface area contributed by atoms with Crippen LogP contribution in [0, 0.1) is 11.6 Å². The molecule has 1 aliphatic carbocycles. The molecule has 0 spiro atoms. The third-order valence-corrected chi connectivity index (χ3v) is 5.40. The third kappa shape index (κ3) is 2.37. The van der Waals surface area contributed by atoms with Crippen LogP contribution in [-0.4, -0.2) is 17.6 Å². The van der Waals surface area contributed by atoms with Crippen molar-refractivity contribution in [1.82, 2.24) is 10.6 Å². The molecule has 3 nitrogen and oxygen atoms in total. The van der Waals surface area contributed by atoms with Gasteiger partial charge in [0, 0.05) is 23.0 Å². The number of fused-ring (bicyclic) bond motifs is 2. The van der Waals surface area contributed by atoms with Gasteiger partial charge in [0.05, 0.1) is 12.3 Å². The molecule has 1 saturated carbocycles. The lowest BCUT2D eigenvalue weighted by Gasteiger charge is -2.50. The Morgan fingerprint density at radius 1 is 1.17 bits per heavy atom. The zero-order chi connectivity index (χ0) is 16.2. The fraction of sp³-hybridized carbons (Fsp3) is 0.556. The summed E-state index contributed by atoms with van der Waals surface area (Å²) in [5, 5.41) is 8.07. The van der Waals surface area contributed by atoms with E-state index < -0.39 is 11.6 Å². The van der Waals surface area contributed by atoms with Crippen molar-refractivity contribution in [2.24, 2.45) is 0 Å². The predicted molar refractivity (Wildman–Crippen MR) is 85.3 cm³/mol. The standard InChI is InChI=1S/C18H22F2N2O/c1-18(2)17(21-13-5-3-4-6-14(13)22-18)11-9-12(19)15(20)16-10(11)7-8-23-16/h7-9,13-14,17,21-22H,3-6H2,1-2H3/t13-,14+,17?/m1/s1. The molecule has 23 heavy (non-hydrogen) atoms. The van der Waals surface area contributed by atoms with E-state index in [1.54, 1.807) is 6.07 Å². The summed E-state index contributed by atoms with van der Waals surface area (Å²) < 4.78 is 33.2. The highest BCUT2D eigenvalue weighted by atomic mass is 19.2. The molecule has 1 unspecified atom stereocenters. The summed E-state index contributed by atoms with van der Waals surface area (Å²) in [6.07, 6.45) is 6.15. The molecular weight excluding hydrogens is 298 g/mol. The van der Waals surface area contributed by atoms with Gasteiger partial charge in [0.2, 0.25) is 5.82 Å². The highest BCUT2D eigenvalue weighted by molar-refractivity contribution is 5.82. The first-order valence-corrected chi connectivity index (χ1v) is 8.36. The van der Waals surface area contributed by atoms with Crippen LogP contribution in [0.1, 0.15) is 51.1 Å². The molecule has 5 heteroatoms. The highest BCUT2D eigenvalue weighted by Gasteiger charge is 2.43. The summed E-state index contributed by atoms with van der Waals surface area (Å²) >= 11 is 0. The summed E-state index contributed by atoms with van der Waals surface area (Å²) in [5.41, 5.74) is 0.505. The Morgan fingerprint density at radius 3 is 2.70 bits per heavy atom. The van der Waals surface area contributed by atoms with Crippen LogP contribution in [0.4, 0.5) is 8.78 Å². The maximum absolute atomic E-state index is 14.0. The second kappa shape index (κ2) is 5.28. The second-order valence-corrected chi connectivity index (χ2v) is 7.39. The van der Waals surface area contributed by atoms with Crippen LogP contribution in [0.2, 0.25) is 0 Å². The summed E-state index contributed by atoms with van der Waals surface area (Å²) in [5.74, 6) is -1.77. The van der Waals surface area contributed by atoms with Crippen molar-refractivity contribution >= 4 is 11.0 Å². The predicted octanol–water partition coefficient (Wildman–Crippen LogP) is 4.03. The normalized spacial score (nSPS) is 30.3. The molecular formula is C18H22F2N2O. The Morgan fingerprint density at radius 2 is 1.91 bits per heavy atom. The molecule has 124 valence electrons. The quantitative estimate of drug-likeness (QED) is 0.833. The number of hydrogen-bond donors (Lipinski definition) is 2. The first-order chi connectivity index (χ1) is 11.0. The molecule has 1 aromatic carbocycles. The molecule has 0 radical (unpaired) electrons. The summed E-state index contributed by atoms with van der Waals surface area (Å²) in [6.45, 7) is 4.23. The summed E-state index contributed by atoms with van der Waals surface area (Å²) in [6, 6.07) is 3.75. The van der Waals surface area contributed by atoms with Gasteiger partial charge >= 0.3 is 0 Å². The van der Waals surface area contributed by atoms with Crippen LogP contribution < -0.4 is 10.6 Å². The fourth-order valence-corrected chi connectivity index (χ4v) is 4.30. The zero-order valence-corrected chi connectivity index (χ0v) is 13.5. The number of rotatable bonds is 1. The molecule has 2 fully saturated rings. The molecule has 2 aromatic rings. The summed E-state index contributed by atoms with van der Waals surface area (Å²) in [4.78, 5) is 0. The van der Waals surface area contributed by atoms with Crippen LogP contribution in [0.5, 0.6) is 0 Å². The topological polar surface area (TPSA) is 37.2 Å². The van der Waals surface area contributed by atoms with Crippen LogP contribution in [0.3, 0.4) is 0 Å². The highest BCUT2D eigenvalue weighted by Crippen LogP contribution is 2.39. The Labute approximate surface area is 134 Å². The van der Waals surface area contributed by atoms with Crippen molar-refractivity contribution in [2.45, 2.75) is 63.2 Å². The van der Waals surface area contributed by atoms with Gasteiger partial charge < -0.3 is 15.1 Å². The Bertz CT molecular complexity index is 740. The minimum absolute atomic E-state index is 0.00312. The maximum atomic E-state index is 14.0. The van der Waals surface area contributed by atoms with Crippen LogP contribution in [0.25, 0.3) is 11.0 Å². The lowest BCUT2D eigenvalue weighted by atomic mass is 9.78. The van der Waals surface area contributed by atoms with E-state index in [-0.39, 0.29) is 17.2 Å². The van der Waals surface area contributed by atoms with Gasteiger partial charge in [0.15, 0.2) is 11.4 Å². The molecule has 0 amide bonds. The Balaban J connectivity index is 1.80. The van der Waals surface area contributed by atoms with Gasteiger partial charge in [-0.2, -0.15) is 4.39 Å². The zero-order valence-electron chi connectivity index (χ0n) is 13.5. The first kappa shape index (κ1) is 15.1. The lowest BCUT2D eigenvalue weighted by Crippen LogP contribution is -2.67. The van der Waals surface area contributed by atoms with Crippen LogP contribution >= 0.6 is 0 Å². The minimum Gasteiger partial charge on any atom is -0.461 e. The number of furan rings is 1. The van der Waals surface area contributed by atoms with Gasteiger partial charge in [-0.25, -0.2) is 4.39 Å². The van der Waals surface area contributed by atoms with Gasteiger partial charge in [-0.3, -0.25) is 0 Å². The van der Waals surface area contributed by atoms with Crippen molar-refractivity contribution < 1.29 is 13.2 Å². The fourth-order valence-electron chi connectivity index (χ4n) is 4.30. The first-order valence-electron chi connectivity index (χ1n) is 8.36. The van der Waals surface area contributed by atoms with Crippen molar-refractivity contribution in [2.75, 3.05) is 0 Å². The molecule has 2 N–H and O–H groups in total. The average Bonchev–Trinajstić information content (AvgIpc) is 2.99. The van der Waals surface area contributed by atoms with E-state index in [4.69, 9.17) is 4.42 Å². The van der Waals surface area contributed by atoms with Gasteiger partial charge in [0.1, 0.15) is 0 Å². The SMILES string of the molecule is CC1(C)N[C@H]2CCCC[C@H]2NC1c1cc(F)c(F)c2occc12. The van der Waals surface area contributed by atoms with E-state index in [9.17, 15) is 8.78 Å². The maximum Gasteiger partial charge on any atom is 0.201 e. The summed E-state index contributed by atoms with van der Waals surface area (Å²) in [7, 11) is 0. The molecule has 1 saturated heterocycles. The van der Waals surface area contributed by atoms with Crippen molar-refractivity contribution in [3.05, 3.63) is 35.6 Å². The van der Waals surface area contributed by atoms with E-state index in [0.717, 1.165) is 18.4 Å². The van der Waals surface area contributed by atoms with Gasteiger partial charge in [-0.15, -0.1) is 0 Å². The lowest BCUT2D eigenvalue weighted by molar-refractivity contribution is 0.120. The van der Waals surface area contributed by atoms with Gasteiger partial charge in [0.25, 0.3) is 0 Å². The number of halogens is 2. The Hall–Kier alpha value is -1.46. The van der Waals surface area contributed by atoms with Crippen molar-refractivity contribution in [3.8, 4) is 0 Å². The Kier molecular flexibility index (Phi) is 3.46. The molecule has 1 aromatic heterocycles. The monoisotopic (exact) mass is 320 g/mol. The van der Waals surface area contributed by atoms with E-state index in [2.05, 4.69) is 24.5 Å². The smallest absolute Gasteiger partial charge is 0.201 e.